The second kappa shape index (κ2) is 8.09. The molecule has 8 nitrogen and oxygen atoms in total. The van der Waals surface area contributed by atoms with E-state index in [0.29, 0.717) is 19.6 Å². The zero-order valence-corrected chi connectivity index (χ0v) is 13.7. The largest absolute Gasteiger partial charge is 0.444 e. The zero-order valence-electron chi connectivity index (χ0n) is 13.7. The number of amides is 3. The molecular weight excluding hydrogens is 328 g/mol. The molecule has 0 unspecified atom stereocenters. The number of nitrogens with one attached hydrogen (secondary N) is 1. The first-order chi connectivity index (χ1) is 12.1. The van der Waals surface area contributed by atoms with Crippen molar-refractivity contribution in [2.75, 3.05) is 13.2 Å². The lowest BCUT2D eigenvalue weighted by Gasteiger charge is -2.23. The van der Waals surface area contributed by atoms with Crippen LogP contribution in [0.2, 0.25) is 0 Å². The number of hydroxylamine groups is 2. The van der Waals surface area contributed by atoms with Crippen molar-refractivity contribution in [3.8, 4) is 0 Å². The first kappa shape index (κ1) is 17.4. The number of hydrogen-bond acceptors (Lipinski definition) is 6. The highest BCUT2D eigenvalue weighted by Crippen LogP contribution is 2.16. The van der Waals surface area contributed by atoms with Crippen molar-refractivity contribution < 1.29 is 28.7 Å². The van der Waals surface area contributed by atoms with Crippen molar-refractivity contribution in [3.05, 3.63) is 35.9 Å². The summed E-state index contributed by atoms with van der Waals surface area (Å²) >= 11 is 0. The van der Waals surface area contributed by atoms with Gasteiger partial charge in [-0.1, -0.05) is 30.3 Å². The molecule has 2 aliphatic rings. The lowest BCUT2D eigenvalue weighted by atomic mass is 10.1. The van der Waals surface area contributed by atoms with Crippen LogP contribution in [0.1, 0.15) is 24.8 Å². The summed E-state index contributed by atoms with van der Waals surface area (Å²) in [5.74, 6) is -0.829. The predicted molar refractivity (Wildman–Crippen MR) is 84.9 cm³/mol. The van der Waals surface area contributed by atoms with Crippen molar-refractivity contribution in [2.45, 2.75) is 38.0 Å². The zero-order chi connectivity index (χ0) is 17.6. The fourth-order valence-corrected chi connectivity index (χ4v) is 2.67. The number of rotatable bonds is 6. The van der Waals surface area contributed by atoms with E-state index >= 15 is 0 Å². The van der Waals surface area contributed by atoms with Crippen LogP contribution >= 0.6 is 0 Å². The quantitative estimate of drug-likeness (QED) is 0.612. The van der Waals surface area contributed by atoms with E-state index in [1.807, 2.05) is 30.3 Å². The van der Waals surface area contributed by atoms with Gasteiger partial charge in [0.2, 0.25) is 0 Å². The molecule has 0 aliphatic carbocycles. The Bertz CT molecular complexity index is 613. The molecule has 0 bridgehead atoms. The first-order valence-electron chi connectivity index (χ1n) is 8.23. The lowest BCUT2D eigenvalue weighted by Crippen LogP contribution is -2.45. The molecule has 2 heterocycles. The third kappa shape index (κ3) is 4.77. The van der Waals surface area contributed by atoms with Crippen molar-refractivity contribution in [3.63, 3.8) is 0 Å². The molecule has 1 aromatic carbocycles. The van der Waals surface area contributed by atoms with E-state index < -0.39 is 24.1 Å². The Labute approximate surface area is 145 Å². The summed E-state index contributed by atoms with van der Waals surface area (Å²) in [6.45, 7) is 0.916. The number of alkyl carbamates (subject to hydrolysis) is 1. The molecular formula is C17H20N2O6. The van der Waals surface area contributed by atoms with Crippen molar-refractivity contribution in [1.82, 2.24) is 10.4 Å². The molecule has 134 valence electrons. The van der Waals surface area contributed by atoms with E-state index in [4.69, 9.17) is 14.3 Å². The molecule has 2 saturated heterocycles. The van der Waals surface area contributed by atoms with E-state index in [0.717, 1.165) is 10.6 Å². The first-order valence-corrected chi connectivity index (χ1v) is 8.23. The highest BCUT2D eigenvalue weighted by atomic mass is 16.7. The van der Waals surface area contributed by atoms with Crippen LogP contribution in [0.3, 0.4) is 0 Å². The van der Waals surface area contributed by atoms with E-state index in [2.05, 4.69) is 5.32 Å². The van der Waals surface area contributed by atoms with Gasteiger partial charge in [-0.25, -0.2) is 9.63 Å². The molecule has 1 N–H and O–H groups in total. The summed E-state index contributed by atoms with van der Waals surface area (Å²) in [5, 5.41) is 3.30. The minimum Gasteiger partial charge on any atom is -0.444 e. The van der Waals surface area contributed by atoms with Gasteiger partial charge in [0.05, 0.1) is 13.2 Å². The summed E-state index contributed by atoms with van der Waals surface area (Å²) in [6.07, 6.45) is -0.720. The molecule has 2 aliphatic heterocycles. The molecule has 2 fully saturated rings. The summed E-state index contributed by atoms with van der Waals surface area (Å²) in [7, 11) is 0. The summed E-state index contributed by atoms with van der Waals surface area (Å²) in [4.78, 5) is 41.1. The van der Waals surface area contributed by atoms with E-state index in [-0.39, 0.29) is 25.4 Å². The Kier molecular flexibility index (Phi) is 5.62. The molecule has 3 rings (SSSR count). The molecule has 0 aromatic heterocycles. The number of benzene rings is 1. The normalized spacial score (nSPS) is 21.4. The smallest absolute Gasteiger partial charge is 0.409 e. The second-order valence-electron chi connectivity index (χ2n) is 5.90. The van der Waals surface area contributed by atoms with Gasteiger partial charge in [0.1, 0.15) is 6.10 Å². The van der Waals surface area contributed by atoms with E-state index in [9.17, 15) is 14.4 Å². The number of ether oxygens (including phenoxy) is 2. The monoisotopic (exact) mass is 348 g/mol. The van der Waals surface area contributed by atoms with Crippen LogP contribution in [0.15, 0.2) is 30.3 Å². The minimum atomic E-state index is -0.900. The number of nitrogens with zero attached hydrogens (tertiary/aromatic N) is 1. The van der Waals surface area contributed by atoms with Gasteiger partial charge in [0.25, 0.3) is 11.8 Å². The lowest BCUT2D eigenvalue weighted by molar-refractivity contribution is -0.205. The Hall–Kier alpha value is -2.45. The van der Waals surface area contributed by atoms with Crippen LogP contribution in [0, 0.1) is 0 Å². The van der Waals surface area contributed by atoms with Crippen LogP contribution in [-0.2, 0) is 30.3 Å². The Balaban J connectivity index is 1.63. The highest BCUT2D eigenvalue weighted by molar-refractivity contribution is 6.00. The van der Waals surface area contributed by atoms with Crippen LogP contribution in [0.5, 0.6) is 0 Å². The van der Waals surface area contributed by atoms with Gasteiger partial charge in [-0.3, -0.25) is 14.9 Å². The third-order valence-electron chi connectivity index (χ3n) is 3.94. The SMILES string of the molecule is O=C(N[C@@H](Cc1ccccc1)ON1C(=O)CCC1=O)O[C@H]1CCOC1. The standard InChI is InChI=1S/C17H20N2O6/c20-15-6-7-16(21)19(15)25-14(10-12-4-2-1-3-5-12)18-17(22)24-13-8-9-23-11-13/h1-5,13-14H,6-11H2,(H,18,22)/t13-,14+/m0/s1. The highest BCUT2D eigenvalue weighted by Gasteiger charge is 2.33. The van der Waals surface area contributed by atoms with Crippen molar-refractivity contribution in [2.24, 2.45) is 0 Å². The van der Waals surface area contributed by atoms with Gasteiger partial charge in [-0.05, 0) is 5.56 Å². The fourth-order valence-electron chi connectivity index (χ4n) is 2.67. The number of carbonyl (C=O) groups excluding carboxylic acids is 3. The molecule has 8 heteroatoms. The molecule has 0 radical (unpaired) electrons. The Morgan fingerprint density at radius 1 is 1.24 bits per heavy atom. The topological polar surface area (TPSA) is 94.2 Å². The van der Waals surface area contributed by atoms with Crippen LogP contribution in [-0.4, -0.2) is 48.5 Å². The maximum absolute atomic E-state index is 12.1. The minimum absolute atomic E-state index is 0.112. The van der Waals surface area contributed by atoms with Crippen LogP contribution in [0.25, 0.3) is 0 Å². The van der Waals surface area contributed by atoms with Gasteiger partial charge in [-0.2, -0.15) is 5.06 Å². The average Bonchev–Trinajstić information content (AvgIpc) is 3.21. The number of imide groups is 1. The maximum Gasteiger partial charge on any atom is 0.409 e. The summed E-state index contributed by atoms with van der Waals surface area (Å²) < 4.78 is 10.4. The average molecular weight is 348 g/mol. The van der Waals surface area contributed by atoms with Gasteiger partial charge in [-0.15, -0.1) is 0 Å². The molecule has 1 aromatic rings. The molecule has 0 saturated carbocycles. The van der Waals surface area contributed by atoms with Gasteiger partial charge >= 0.3 is 6.09 Å². The number of hydrogen-bond donors (Lipinski definition) is 1. The van der Waals surface area contributed by atoms with Gasteiger partial charge in [0.15, 0.2) is 6.23 Å². The Morgan fingerprint density at radius 3 is 2.60 bits per heavy atom. The van der Waals surface area contributed by atoms with E-state index in [1.54, 1.807) is 0 Å². The molecule has 0 spiro atoms. The van der Waals surface area contributed by atoms with Gasteiger partial charge in [0, 0.05) is 25.7 Å². The molecule has 3 amide bonds. The summed E-state index contributed by atoms with van der Waals surface area (Å²) in [5.41, 5.74) is 0.885. The van der Waals surface area contributed by atoms with Gasteiger partial charge < -0.3 is 9.47 Å². The predicted octanol–water partition coefficient (Wildman–Crippen LogP) is 1.15. The second-order valence-corrected chi connectivity index (χ2v) is 5.90. The maximum atomic E-state index is 12.1. The fraction of sp³-hybridized carbons (Fsp3) is 0.471. The Morgan fingerprint density at radius 2 is 1.96 bits per heavy atom. The third-order valence-corrected chi connectivity index (χ3v) is 3.94. The van der Waals surface area contributed by atoms with Crippen molar-refractivity contribution >= 4 is 17.9 Å². The van der Waals surface area contributed by atoms with Crippen molar-refractivity contribution in [1.29, 1.82) is 0 Å². The van der Waals surface area contributed by atoms with E-state index in [1.165, 1.54) is 0 Å². The van der Waals surface area contributed by atoms with Crippen LogP contribution in [0.4, 0.5) is 4.79 Å². The summed E-state index contributed by atoms with van der Waals surface area (Å²) in [6, 6.07) is 9.30. The molecule has 2 atom stereocenters. The van der Waals surface area contributed by atoms with Crippen LogP contribution < -0.4 is 5.32 Å². The molecule has 25 heavy (non-hydrogen) atoms. The number of carbonyl (C=O) groups is 3.